The summed E-state index contributed by atoms with van der Waals surface area (Å²) in [5.41, 5.74) is 2.63. The van der Waals surface area contributed by atoms with Crippen LogP contribution in [-0.2, 0) is 6.61 Å². The molecule has 0 bridgehead atoms. The molecule has 168 valence electrons. The van der Waals surface area contributed by atoms with Crippen molar-refractivity contribution >= 4 is 17.5 Å². The lowest BCUT2D eigenvalue weighted by Gasteiger charge is -2.11. The molecule has 0 atom stereocenters. The number of allylic oxidation sites excluding steroid dienone is 1. The van der Waals surface area contributed by atoms with Gasteiger partial charge in [0.25, 0.3) is 5.69 Å². The molecule has 0 unspecified atom stereocenters. The van der Waals surface area contributed by atoms with Crippen LogP contribution >= 0.6 is 0 Å². The van der Waals surface area contributed by atoms with E-state index in [1.807, 2.05) is 6.92 Å². The maximum atomic E-state index is 12.9. The highest BCUT2D eigenvalue weighted by atomic mass is 16.6. The van der Waals surface area contributed by atoms with Gasteiger partial charge in [-0.05, 0) is 55.0 Å². The number of rotatable bonds is 7. The number of hydrogen-bond acceptors (Lipinski definition) is 7. The van der Waals surface area contributed by atoms with Gasteiger partial charge in [0.1, 0.15) is 29.6 Å². The minimum Gasteiger partial charge on any atom is -0.497 e. The number of methoxy groups -OCH3 is 2. The van der Waals surface area contributed by atoms with Gasteiger partial charge in [-0.25, -0.2) is 0 Å². The van der Waals surface area contributed by atoms with E-state index in [0.717, 1.165) is 5.56 Å². The van der Waals surface area contributed by atoms with Gasteiger partial charge >= 0.3 is 0 Å². The second kappa shape index (κ2) is 9.04. The molecule has 3 aromatic carbocycles. The molecule has 1 aliphatic rings. The van der Waals surface area contributed by atoms with Crippen LogP contribution in [0, 0.1) is 17.0 Å². The average molecular weight is 447 g/mol. The number of ketones is 1. The first-order chi connectivity index (χ1) is 15.9. The highest BCUT2D eigenvalue weighted by Crippen LogP contribution is 2.40. The summed E-state index contributed by atoms with van der Waals surface area (Å²) >= 11 is 0. The van der Waals surface area contributed by atoms with E-state index in [9.17, 15) is 14.9 Å². The van der Waals surface area contributed by atoms with Gasteiger partial charge in [-0.1, -0.05) is 0 Å². The zero-order valence-electron chi connectivity index (χ0n) is 18.3. The van der Waals surface area contributed by atoms with Gasteiger partial charge in [0, 0.05) is 29.3 Å². The summed E-state index contributed by atoms with van der Waals surface area (Å²) in [4.78, 5) is 23.2. The van der Waals surface area contributed by atoms with Crippen molar-refractivity contribution < 1.29 is 28.7 Å². The Morgan fingerprint density at radius 3 is 2.42 bits per heavy atom. The molecule has 1 aliphatic heterocycles. The molecule has 33 heavy (non-hydrogen) atoms. The molecule has 0 saturated heterocycles. The minimum atomic E-state index is -0.448. The third kappa shape index (κ3) is 4.36. The van der Waals surface area contributed by atoms with Crippen LogP contribution in [0.4, 0.5) is 5.69 Å². The van der Waals surface area contributed by atoms with Crippen LogP contribution < -0.4 is 18.9 Å². The van der Waals surface area contributed by atoms with Crippen LogP contribution in [-0.4, -0.2) is 24.9 Å². The summed E-state index contributed by atoms with van der Waals surface area (Å²) in [6.07, 6.45) is 1.64. The van der Waals surface area contributed by atoms with Gasteiger partial charge in [-0.3, -0.25) is 14.9 Å². The number of hydrogen-bond donors (Lipinski definition) is 0. The van der Waals surface area contributed by atoms with Gasteiger partial charge in [-0.2, -0.15) is 0 Å². The summed E-state index contributed by atoms with van der Waals surface area (Å²) in [6, 6.07) is 14.8. The predicted octanol–water partition coefficient (Wildman–Crippen LogP) is 5.12. The second-order valence-corrected chi connectivity index (χ2v) is 7.33. The molecule has 8 heteroatoms. The average Bonchev–Trinajstić information content (AvgIpc) is 3.15. The van der Waals surface area contributed by atoms with E-state index in [1.54, 1.807) is 62.8 Å². The van der Waals surface area contributed by atoms with E-state index in [0.29, 0.717) is 39.7 Å². The molecular weight excluding hydrogens is 426 g/mol. The Balaban J connectivity index is 1.55. The second-order valence-electron chi connectivity index (χ2n) is 7.33. The molecule has 0 radical (unpaired) electrons. The van der Waals surface area contributed by atoms with E-state index < -0.39 is 4.92 Å². The molecule has 4 rings (SSSR count). The summed E-state index contributed by atoms with van der Waals surface area (Å²) < 4.78 is 22.4. The smallest absolute Gasteiger partial charge is 0.269 e. The number of nitro groups is 1. The summed E-state index contributed by atoms with van der Waals surface area (Å²) in [5, 5.41) is 10.8. The van der Waals surface area contributed by atoms with Crippen molar-refractivity contribution in [2.24, 2.45) is 0 Å². The Morgan fingerprint density at radius 2 is 1.76 bits per heavy atom. The Hall–Kier alpha value is -4.33. The first-order valence-electron chi connectivity index (χ1n) is 10.1. The SMILES string of the molecule is COc1ccc(/C=C2\Oc3c(ccc(OCc4ccc([N+](=O)[O-])cc4)c3C)C2=O)c(OC)c1. The first-order valence-corrected chi connectivity index (χ1v) is 10.1. The maximum absolute atomic E-state index is 12.9. The lowest BCUT2D eigenvalue weighted by Crippen LogP contribution is -1.99. The van der Waals surface area contributed by atoms with Crippen molar-refractivity contribution in [1.82, 2.24) is 0 Å². The first kappa shape index (κ1) is 21.9. The number of fused-ring (bicyclic) bond motifs is 1. The number of nitrogens with zero attached hydrogens (tertiary/aromatic N) is 1. The van der Waals surface area contributed by atoms with Gasteiger partial charge in [0.15, 0.2) is 5.76 Å². The van der Waals surface area contributed by atoms with Gasteiger partial charge < -0.3 is 18.9 Å². The lowest BCUT2D eigenvalue weighted by molar-refractivity contribution is -0.384. The molecule has 0 aromatic heterocycles. The van der Waals surface area contributed by atoms with Crippen molar-refractivity contribution in [2.45, 2.75) is 13.5 Å². The molecule has 1 heterocycles. The molecular formula is C25H21NO7. The van der Waals surface area contributed by atoms with Crippen molar-refractivity contribution in [3.63, 3.8) is 0 Å². The summed E-state index contributed by atoms with van der Waals surface area (Å²) in [5.74, 6) is 2.15. The number of Topliss-reactive ketones (excluding diaryl/α,β-unsaturated/α-hetero) is 1. The van der Waals surface area contributed by atoms with Crippen LogP contribution in [0.2, 0.25) is 0 Å². The molecule has 0 N–H and O–H groups in total. The fraction of sp³-hybridized carbons (Fsp3) is 0.160. The van der Waals surface area contributed by atoms with E-state index >= 15 is 0 Å². The molecule has 8 nitrogen and oxygen atoms in total. The van der Waals surface area contributed by atoms with Crippen molar-refractivity contribution in [1.29, 1.82) is 0 Å². The summed E-state index contributed by atoms with van der Waals surface area (Å²) in [6.45, 7) is 2.03. The van der Waals surface area contributed by atoms with E-state index in [4.69, 9.17) is 18.9 Å². The Labute approximate surface area is 190 Å². The van der Waals surface area contributed by atoms with Crippen molar-refractivity contribution in [2.75, 3.05) is 14.2 Å². The molecule has 0 saturated carbocycles. The van der Waals surface area contributed by atoms with Crippen LogP contribution in [0.5, 0.6) is 23.0 Å². The van der Waals surface area contributed by atoms with E-state index in [2.05, 4.69) is 0 Å². The predicted molar refractivity (Wildman–Crippen MR) is 121 cm³/mol. The molecule has 0 amide bonds. The number of carbonyl (C=O) groups excluding carboxylic acids is 1. The Bertz CT molecular complexity index is 1260. The van der Waals surface area contributed by atoms with Gasteiger partial charge in [0.2, 0.25) is 5.78 Å². The number of ether oxygens (including phenoxy) is 4. The Kier molecular flexibility index (Phi) is 5.99. The minimum absolute atomic E-state index is 0.0205. The monoisotopic (exact) mass is 447 g/mol. The maximum Gasteiger partial charge on any atom is 0.269 e. The fourth-order valence-electron chi connectivity index (χ4n) is 3.48. The largest absolute Gasteiger partial charge is 0.497 e. The number of benzene rings is 3. The Morgan fingerprint density at radius 1 is 1.00 bits per heavy atom. The zero-order valence-corrected chi connectivity index (χ0v) is 18.3. The lowest BCUT2D eigenvalue weighted by atomic mass is 10.1. The highest BCUT2D eigenvalue weighted by molar-refractivity contribution is 6.15. The number of nitro benzene ring substituents is 1. The molecule has 0 aliphatic carbocycles. The van der Waals surface area contributed by atoms with Crippen LogP contribution in [0.15, 0.2) is 60.4 Å². The third-order valence-corrected chi connectivity index (χ3v) is 5.31. The topological polar surface area (TPSA) is 97.1 Å². The molecule has 0 fully saturated rings. The van der Waals surface area contributed by atoms with Crippen LogP contribution in [0.3, 0.4) is 0 Å². The molecule has 0 spiro atoms. The van der Waals surface area contributed by atoms with Crippen LogP contribution in [0.25, 0.3) is 6.08 Å². The quantitative estimate of drug-likeness (QED) is 0.282. The van der Waals surface area contributed by atoms with Crippen LogP contribution in [0.1, 0.15) is 27.0 Å². The summed E-state index contributed by atoms with van der Waals surface area (Å²) in [7, 11) is 3.11. The van der Waals surface area contributed by atoms with Gasteiger partial charge in [0.05, 0.1) is 24.7 Å². The fourth-order valence-corrected chi connectivity index (χ4v) is 3.48. The highest BCUT2D eigenvalue weighted by Gasteiger charge is 2.30. The number of carbonyl (C=O) groups is 1. The van der Waals surface area contributed by atoms with E-state index in [1.165, 1.54) is 12.1 Å². The van der Waals surface area contributed by atoms with Crippen molar-refractivity contribution in [3.05, 3.63) is 92.7 Å². The van der Waals surface area contributed by atoms with Gasteiger partial charge in [-0.15, -0.1) is 0 Å². The van der Waals surface area contributed by atoms with E-state index in [-0.39, 0.29) is 23.8 Å². The normalized spacial score (nSPS) is 13.4. The zero-order chi connectivity index (χ0) is 23.5. The number of non-ortho nitro benzene ring substituents is 1. The standard InChI is InChI=1S/C25H21NO7/c1-15-21(32-14-16-4-7-18(8-5-16)26(28)29)11-10-20-24(27)23(33-25(15)20)12-17-6-9-19(30-2)13-22(17)31-3/h4-13H,14H2,1-3H3/b23-12-. The van der Waals surface area contributed by atoms with Crippen molar-refractivity contribution in [3.8, 4) is 23.0 Å². The third-order valence-electron chi connectivity index (χ3n) is 5.31. The molecule has 3 aromatic rings.